The third kappa shape index (κ3) is 11.0. The molecule has 2 saturated heterocycles. The maximum absolute atomic E-state index is 14.7. The number of amides is 5. The summed E-state index contributed by atoms with van der Waals surface area (Å²) in [6.07, 6.45) is 10.1. The van der Waals surface area contributed by atoms with Crippen molar-refractivity contribution in [1.29, 1.82) is 0 Å². The predicted octanol–water partition coefficient (Wildman–Crippen LogP) is 3.10. The van der Waals surface area contributed by atoms with Gasteiger partial charge in [0, 0.05) is 32.2 Å². The van der Waals surface area contributed by atoms with Gasteiger partial charge in [-0.2, -0.15) is 4.31 Å². The Kier molecular flexibility index (Phi) is 14.1. The van der Waals surface area contributed by atoms with Crippen LogP contribution in [0.3, 0.4) is 0 Å². The first-order valence-electron chi connectivity index (χ1n) is 19.1. The van der Waals surface area contributed by atoms with Crippen LogP contribution in [0.1, 0.15) is 105 Å². The third-order valence-corrected chi connectivity index (χ3v) is 13.2. The molecule has 2 unspecified atom stereocenters. The summed E-state index contributed by atoms with van der Waals surface area (Å²) in [5, 5.41) is 11.4. The molecule has 4 aliphatic rings. The van der Waals surface area contributed by atoms with Crippen molar-refractivity contribution < 1.29 is 32.4 Å². The summed E-state index contributed by atoms with van der Waals surface area (Å²) in [5.41, 5.74) is -0.478. The Balaban J connectivity index is 1.55. The Hall–Kier alpha value is -3.00. The van der Waals surface area contributed by atoms with Crippen molar-refractivity contribution >= 4 is 39.6 Å². The Morgan fingerprint density at radius 2 is 1.57 bits per heavy atom. The number of urea groups is 1. The summed E-state index contributed by atoms with van der Waals surface area (Å²) >= 11 is 0. The fourth-order valence-corrected chi connectivity index (χ4v) is 9.45. The van der Waals surface area contributed by atoms with Gasteiger partial charge in [-0.3, -0.25) is 19.2 Å². The van der Waals surface area contributed by atoms with Crippen LogP contribution < -0.4 is 21.3 Å². The molecule has 288 valence electrons. The summed E-state index contributed by atoms with van der Waals surface area (Å²) in [6.45, 7) is 14.4. The fourth-order valence-electron chi connectivity index (χ4n) is 7.84. The smallest absolute Gasteiger partial charge is 0.315 e. The van der Waals surface area contributed by atoms with Gasteiger partial charge >= 0.3 is 6.03 Å². The number of carbonyl (C=O) groups excluding carboxylic acids is 5. The molecule has 2 heterocycles. The molecule has 51 heavy (non-hydrogen) atoms. The second-order valence-corrected chi connectivity index (χ2v) is 18.7. The van der Waals surface area contributed by atoms with E-state index in [0.29, 0.717) is 32.4 Å². The molecule has 2 saturated carbocycles. The minimum Gasteiger partial charge on any atom is -0.346 e. The molecule has 0 aromatic carbocycles. The van der Waals surface area contributed by atoms with Crippen molar-refractivity contribution in [2.24, 2.45) is 29.1 Å². The molecule has 5 amide bonds. The predicted molar refractivity (Wildman–Crippen MR) is 196 cm³/mol. The Bertz CT molecular complexity index is 1390. The van der Waals surface area contributed by atoms with Gasteiger partial charge in [-0.15, -0.1) is 6.58 Å². The monoisotopic (exact) mass is 734 g/mol. The van der Waals surface area contributed by atoms with Gasteiger partial charge in [-0.1, -0.05) is 72.8 Å². The Morgan fingerprint density at radius 3 is 2.16 bits per heavy atom. The van der Waals surface area contributed by atoms with E-state index in [9.17, 15) is 32.4 Å². The molecule has 0 bridgehead atoms. The van der Waals surface area contributed by atoms with Crippen LogP contribution in [-0.4, -0.2) is 103 Å². The maximum atomic E-state index is 14.7. The zero-order valence-electron chi connectivity index (χ0n) is 31.4. The molecule has 4 N–H and O–H groups in total. The van der Waals surface area contributed by atoms with Crippen molar-refractivity contribution in [2.45, 2.75) is 129 Å². The molecule has 0 spiro atoms. The van der Waals surface area contributed by atoms with E-state index in [1.807, 2.05) is 34.6 Å². The molecule has 2 aliphatic heterocycles. The summed E-state index contributed by atoms with van der Waals surface area (Å²) in [5.74, 6) is -2.21. The lowest BCUT2D eigenvalue weighted by Gasteiger charge is -2.38. The highest BCUT2D eigenvalue weighted by molar-refractivity contribution is 7.89. The largest absolute Gasteiger partial charge is 0.346 e. The topological polar surface area (TPSA) is 174 Å². The molecule has 0 aromatic heterocycles. The molecule has 14 heteroatoms. The van der Waals surface area contributed by atoms with Gasteiger partial charge in [-0.25, -0.2) is 13.2 Å². The summed E-state index contributed by atoms with van der Waals surface area (Å²) in [4.78, 5) is 70.1. The number of rotatable bonds is 15. The SMILES string of the molecule is C=CCNC(=O)C(=O)C(CC1CC1)NC(=O)[C@@H]1C(C(C)C)CCN1C(=O)[C@@H](NC(=O)N[C@H](CN1CCCCS1(=O)=O)C(C)(C)C)C1CCCCC1. The maximum Gasteiger partial charge on any atom is 0.315 e. The Morgan fingerprint density at radius 1 is 0.882 bits per heavy atom. The van der Waals surface area contributed by atoms with Crippen molar-refractivity contribution in [1.82, 2.24) is 30.5 Å². The second-order valence-electron chi connectivity index (χ2n) is 16.6. The highest BCUT2D eigenvalue weighted by Gasteiger charge is 2.48. The Labute approximate surface area is 304 Å². The van der Waals surface area contributed by atoms with Crippen LogP contribution in [0.4, 0.5) is 4.79 Å². The number of hydrogen-bond acceptors (Lipinski definition) is 7. The molecule has 13 nitrogen and oxygen atoms in total. The van der Waals surface area contributed by atoms with Gasteiger partial charge in [0.05, 0.1) is 11.8 Å². The van der Waals surface area contributed by atoms with Gasteiger partial charge in [0.25, 0.3) is 5.91 Å². The minimum absolute atomic E-state index is 0.0509. The van der Waals surface area contributed by atoms with E-state index in [0.717, 1.165) is 51.4 Å². The summed E-state index contributed by atoms with van der Waals surface area (Å²) in [6, 6.07) is -3.83. The van der Waals surface area contributed by atoms with E-state index in [2.05, 4.69) is 27.8 Å². The van der Waals surface area contributed by atoms with Gasteiger partial charge < -0.3 is 26.2 Å². The highest BCUT2D eigenvalue weighted by atomic mass is 32.2. The first kappa shape index (κ1) is 40.8. The zero-order valence-corrected chi connectivity index (χ0v) is 32.2. The average Bonchev–Trinajstić information content (AvgIpc) is 3.78. The molecule has 0 radical (unpaired) electrons. The number of Topliss-reactive ketones (excluding diaryl/α,β-unsaturated/α-hetero) is 1. The quantitative estimate of drug-likeness (QED) is 0.148. The number of ketones is 1. The van der Waals surface area contributed by atoms with Crippen LogP contribution in [0.15, 0.2) is 12.7 Å². The van der Waals surface area contributed by atoms with Gasteiger partial charge in [0.1, 0.15) is 12.1 Å². The van der Waals surface area contributed by atoms with Crippen LogP contribution in [0.5, 0.6) is 0 Å². The molecule has 4 rings (SSSR count). The van der Waals surface area contributed by atoms with Crippen molar-refractivity contribution in [3.05, 3.63) is 12.7 Å². The average molecular weight is 735 g/mol. The van der Waals surface area contributed by atoms with Gasteiger partial charge in [0.2, 0.25) is 27.6 Å². The van der Waals surface area contributed by atoms with E-state index >= 15 is 0 Å². The number of carbonyl (C=O) groups is 5. The number of sulfonamides is 1. The van der Waals surface area contributed by atoms with Crippen LogP contribution in [0.25, 0.3) is 0 Å². The van der Waals surface area contributed by atoms with Crippen LogP contribution in [-0.2, 0) is 29.2 Å². The minimum atomic E-state index is -3.42. The standard InChI is InChI=1S/C37H62N6O7S/c1-7-18-38-34(46)32(44)28(22-25-15-16-25)39-33(45)31-27(24(2)3)17-20-43(31)35(47)30(26-13-9-8-10-14-26)41-36(48)40-29(37(4,5)6)23-42-19-11-12-21-51(42,49)50/h7,24-31H,1,8-23H2,2-6H3,(H,38,46)(H,39,45)(H2,40,41,48)/t27?,28?,29-,30+,31+/m1/s1. The highest BCUT2D eigenvalue weighted by Crippen LogP contribution is 2.36. The van der Waals surface area contributed by atoms with Crippen molar-refractivity contribution in [2.75, 3.05) is 31.9 Å². The van der Waals surface area contributed by atoms with E-state index in [-0.39, 0.29) is 48.4 Å². The van der Waals surface area contributed by atoms with E-state index in [1.165, 1.54) is 10.4 Å². The zero-order chi connectivity index (χ0) is 37.5. The lowest BCUT2D eigenvalue weighted by atomic mass is 9.82. The third-order valence-electron chi connectivity index (χ3n) is 11.2. The first-order chi connectivity index (χ1) is 24.0. The molecule has 2 aliphatic carbocycles. The molecular formula is C37H62N6O7S. The summed E-state index contributed by atoms with van der Waals surface area (Å²) in [7, 11) is -3.42. The summed E-state index contributed by atoms with van der Waals surface area (Å²) < 4.78 is 27.1. The lowest BCUT2D eigenvalue weighted by molar-refractivity contribution is -0.144. The fraction of sp³-hybridized carbons (Fsp3) is 0.811. The van der Waals surface area contributed by atoms with Crippen molar-refractivity contribution in [3.8, 4) is 0 Å². The van der Waals surface area contributed by atoms with Crippen LogP contribution >= 0.6 is 0 Å². The van der Waals surface area contributed by atoms with Crippen LogP contribution in [0, 0.1) is 29.1 Å². The van der Waals surface area contributed by atoms with Crippen LogP contribution in [0.2, 0.25) is 0 Å². The number of likely N-dealkylation sites (tertiary alicyclic amines) is 1. The van der Waals surface area contributed by atoms with E-state index in [4.69, 9.17) is 0 Å². The number of nitrogens with one attached hydrogen (secondary N) is 4. The molecular weight excluding hydrogens is 673 g/mol. The first-order valence-corrected chi connectivity index (χ1v) is 20.7. The van der Waals surface area contributed by atoms with Crippen molar-refractivity contribution in [3.63, 3.8) is 0 Å². The lowest BCUT2D eigenvalue weighted by Crippen LogP contribution is -2.61. The van der Waals surface area contributed by atoms with E-state index in [1.54, 1.807) is 4.90 Å². The second kappa shape index (κ2) is 17.7. The molecule has 4 fully saturated rings. The number of nitrogens with zero attached hydrogens (tertiary/aromatic N) is 2. The van der Waals surface area contributed by atoms with Gasteiger partial charge in [-0.05, 0) is 67.6 Å². The van der Waals surface area contributed by atoms with Gasteiger partial charge in [0.15, 0.2) is 0 Å². The molecule has 0 aromatic rings. The number of hydrogen-bond donors (Lipinski definition) is 4. The molecule has 5 atom stereocenters. The van der Waals surface area contributed by atoms with E-state index < -0.39 is 63.2 Å². The normalized spacial score (nSPS) is 24.6.